The van der Waals surface area contributed by atoms with Crippen LogP contribution in [0, 0.1) is 34.6 Å². The van der Waals surface area contributed by atoms with Crippen molar-refractivity contribution >= 4 is 0 Å². The second kappa shape index (κ2) is 6.44. The average Bonchev–Trinajstić information content (AvgIpc) is 2.68. The molecule has 2 aromatic rings. The summed E-state index contributed by atoms with van der Waals surface area (Å²) in [6.07, 6.45) is 0. The van der Waals surface area contributed by atoms with Crippen LogP contribution in [0.4, 0.5) is 0 Å². The zero-order valence-corrected chi connectivity index (χ0v) is 14.1. The van der Waals surface area contributed by atoms with Gasteiger partial charge in [0.2, 0.25) is 0 Å². The van der Waals surface area contributed by atoms with Crippen LogP contribution in [0.2, 0.25) is 0 Å². The van der Waals surface area contributed by atoms with Crippen LogP contribution in [0.25, 0.3) is 0 Å². The predicted octanol–water partition coefficient (Wildman–Crippen LogP) is 3.78. The standard InChI is InChI=1S/C18H27N3/c1-7-19-18(17-10-12(2)8-9-13(17)3)11-21-16(6)14(4)15(5)20-21/h8-10,18-19H,7,11H2,1-6H3. The minimum absolute atomic E-state index is 0.298. The largest absolute Gasteiger partial charge is 0.309 e. The van der Waals surface area contributed by atoms with E-state index in [0.29, 0.717) is 6.04 Å². The molecule has 1 aromatic carbocycles. The molecule has 0 fully saturated rings. The fourth-order valence-corrected chi connectivity index (χ4v) is 2.79. The molecule has 0 aliphatic rings. The number of aryl methyl sites for hydroxylation is 3. The van der Waals surface area contributed by atoms with Crippen LogP contribution >= 0.6 is 0 Å². The Balaban J connectivity index is 2.35. The molecule has 0 amide bonds. The highest BCUT2D eigenvalue weighted by Gasteiger charge is 2.16. The van der Waals surface area contributed by atoms with E-state index in [4.69, 9.17) is 0 Å². The molecule has 0 saturated carbocycles. The van der Waals surface area contributed by atoms with E-state index in [-0.39, 0.29) is 0 Å². The molecule has 0 aliphatic carbocycles. The van der Waals surface area contributed by atoms with Crippen LogP contribution in [-0.2, 0) is 6.54 Å². The topological polar surface area (TPSA) is 29.9 Å². The molecule has 1 aromatic heterocycles. The molecule has 0 saturated heterocycles. The SMILES string of the molecule is CCNC(Cn1nc(C)c(C)c1C)c1cc(C)ccc1C. The Kier molecular flexibility index (Phi) is 4.84. The number of hydrogen-bond donors (Lipinski definition) is 1. The van der Waals surface area contributed by atoms with Crippen LogP contribution in [0.1, 0.15) is 46.6 Å². The molecule has 0 spiro atoms. The predicted molar refractivity (Wildman–Crippen MR) is 88.8 cm³/mol. The summed E-state index contributed by atoms with van der Waals surface area (Å²) >= 11 is 0. The number of likely N-dealkylation sites (N-methyl/N-ethyl adjacent to an activating group) is 1. The van der Waals surface area contributed by atoms with Gasteiger partial charge >= 0.3 is 0 Å². The molecular weight excluding hydrogens is 258 g/mol. The molecule has 0 bridgehead atoms. The number of nitrogens with zero attached hydrogens (tertiary/aromatic N) is 2. The van der Waals surface area contributed by atoms with Crippen molar-refractivity contribution in [3.05, 3.63) is 51.8 Å². The van der Waals surface area contributed by atoms with Crippen LogP contribution in [-0.4, -0.2) is 16.3 Å². The van der Waals surface area contributed by atoms with Gasteiger partial charge in [0.25, 0.3) is 0 Å². The highest BCUT2D eigenvalue weighted by molar-refractivity contribution is 5.33. The number of aromatic nitrogens is 2. The Bertz CT molecular complexity index is 626. The quantitative estimate of drug-likeness (QED) is 0.906. The maximum Gasteiger partial charge on any atom is 0.0625 e. The van der Waals surface area contributed by atoms with E-state index < -0.39 is 0 Å². The Morgan fingerprint density at radius 2 is 1.86 bits per heavy atom. The van der Waals surface area contributed by atoms with Gasteiger partial charge in [-0.05, 0) is 57.9 Å². The van der Waals surface area contributed by atoms with Crippen molar-refractivity contribution in [2.24, 2.45) is 0 Å². The van der Waals surface area contributed by atoms with Gasteiger partial charge < -0.3 is 5.32 Å². The molecule has 1 N–H and O–H groups in total. The second-order valence-corrected chi connectivity index (χ2v) is 5.95. The van der Waals surface area contributed by atoms with Gasteiger partial charge in [0.05, 0.1) is 18.3 Å². The normalized spacial score (nSPS) is 12.7. The molecule has 114 valence electrons. The van der Waals surface area contributed by atoms with Crippen molar-refractivity contribution in [1.29, 1.82) is 0 Å². The van der Waals surface area contributed by atoms with Gasteiger partial charge in [-0.3, -0.25) is 4.68 Å². The Morgan fingerprint density at radius 1 is 1.14 bits per heavy atom. The lowest BCUT2D eigenvalue weighted by Crippen LogP contribution is -2.27. The van der Waals surface area contributed by atoms with Gasteiger partial charge in [-0.1, -0.05) is 30.7 Å². The Hall–Kier alpha value is -1.61. The molecule has 3 nitrogen and oxygen atoms in total. The van der Waals surface area contributed by atoms with E-state index in [1.54, 1.807) is 0 Å². The van der Waals surface area contributed by atoms with Crippen molar-refractivity contribution in [3.63, 3.8) is 0 Å². The molecule has 1 atom stereocenters. The third kappa shape index (κ3) is 3.35. The first-order chi connectivity index (χ1) is 9.93. The van der Waals surface area contributed by atoms with Gasteiger partial charge in [-0.15, -0.1) is 0 Å². The van der Waals surface area contributed by atoms with Gasteiger partial charge in [0.15, 0.2) is 0 Å². The van der Waals surface area contributed by atoms with Crippen LogP contribution in [0.15, 0.2) is 18.2 Å². The van der Waals surface area contributed by atoms with Crippen LogP contribution in [0.5, 0.6) is 0 Å². The van der Waals surface area contributed by atoms with E-state index in [2.05, 4.69) is 74.8 Å². The molecule has 2 rings (SSSR count). The van der Waals surface area contributed by atoms with Crippen LogP contribution < -0.4 is 5.32 Å². The van der Waals surface area contributed by atoms with Gasteiger partial charge in [-0.2, -0.15) is 5.10 Å². The molecular formula is C18H27N3. The number of rotatable bonds is 5. The second-order valence-electron chi connectivity index (χ2n) is 5.95. The van der Waals surface area contributed by atoms with Gasteiger partial charge in [-0.25, -0.2) is 0 Å². The molecule has 3 heteroatoms. The first-order valence-corrected chi connectivity index (χ1v) is 7.75. The summed E-state index contributed by atoms with van der Waals surface area (Å²) in [6, 6.07) is 6.98. The zero-order valence-electron chi connectivity index (χ0n) is 14.1. The maximum absolute atomic E-state index is 4.69. The summed E-state index contributed by atoms with van der Waals surface area (Å²) in [6.45, 7) is 14.7. The first kappa shape index (κ1) is 15.8. The number of hydrogen-bond acceptors (Lipinski definition) is 2. The summed E-state index contributed by atoms with van der Waals surface area (Å²) in [7, 11) is 0. The lowest BCUT2D eigenvalue weighted by molar-refractivity contribution is 0.439. The minimum atomic E-state index is 0.298. The fraction of sp³-hybridized carbons (Fsp3) is 0.500. The average molecular weight is 285 g/mol. The number of nitrogens with one attached hydrogen (secondary N) is 1. The summed E-state index contributed by atoms with van der Waals surface area (Å²) in [5.41, 5.74) is 7.71. The van der Waals surface area contributed by atoms with E-state index in [1.165, 1.54) is 27.9 Å². The van der Waals surface area contributed by atoms with Crippen molar-refractivity contribution in [2.45, 2.75) is 54.1 Å². The maximum atomic E-state index is 4.69. The summed E-state index contributed by atoms with van der Waals surface area (Å²) in [5, 5.41) is 8.30. The third-order valence-corrected chi connectivity index (χ3v) is 4.36. The van der Waals surface area contributed by atoms with Gasteiger partial charge in [0, 0.05) is 5.69 Å². The highest BCUT2D eigenvalue weighted by Crippen LogP contribution is 2.22. The molecule has 1 unspecified atom stereocenters. The number of benzene rings is 1. The summed E-state index contributed by atoms with van der Waals surface area (Å²) in [5.74, 6) is 0. The first-order valence-electron chi connectivity index (χ1n) is 7.75. The van der Waals surface area contributed by atoms with Crippen molar-refractivity contribution in [3.8, 4) is 0 Å². The molecule has 1 heterocycles. The fourth-order valence-electron chi connectivity index (χ4n) is 2.79. The van der Waals surface area contributed by atoms with E-state index in [9.17, 15) is 0 Å². The smallest absolute Gasteiger partial charge is 0.0625 e. The van der Waals surface area contributed by atoms with E-state index >= 15 is 0 Å². The third-order valence-electron chi connectivity index (χ3n) is 4.36. The lowest BCUT2D eigenvalue weighted by atomic mass is 9.98. The van der Waals surface area contributed by atoms with E-state index in [0.717, 1.165) is 18.8 Å². The van der Waals surface area contributed by atoms with Crippen molar-refractivity contribution in [2.75, 3.05) is 6.54 Å². The van der Waals surface area contributed by atoms with Gasteiger partial charge in [0.1, 0.15) is 0 Å². The molecule has 21 heavy (non-hydrogen) atoms. The minimum Gasteiger partial charge on any atom is -0.309 e. The highest BCUT2D eigenvalue weighted by atomic mass is 15.3. The van der Waals surface area contributed by atoms with E-state index in [1.807, 2.05) is 0 Å². The van der Waals surface area contributed by atoms with Crippen LogP contribution in [0.3, 0.4) is 0 Å². The van der Waals surface area contributed by atoms with Crippen molar-refractivity contribution < 1.29 is 0 Å². The molecule has 0 aliphatic heterocycles. The monoisotopic (exact) mass is 285 g/mol. The zero-order chi connectivity index (χ0) is 15.6. The summed E-state index contributed by atoms with van der Waals surface area (Å²) < 4.78 is 2.14. The Labute approximate surface area is 128 Å². The lowest BCUT2D eigenvalue weighted by Gasteiger charge is -2.22. The summed E-state index contributed by atoms with van der Waals surface area (Å²) in [4.78, 5) is 0. The molecule has 0 radical (unpaired) electrons. The van der Waals surface area contributed by atoms with Crippen molar-refractivity contribution in [1.82, 2.24) is 15.1 Å². The Morgan fingerprint density at radius 3 is 2.43 bits per heavy atom.